The van der Waals surface area contributed by atoms with E-state index in [-0.39, 0.29) is 38.0 Å². The van der Waals surface area contributed by atoms with Gasteiger partial charge in [-0.05, 0) is 18.6 Å². The van der Waals surface area contributed by atoms with E-state index in [1.54, 1.807) is 18.2 Å². The molecule has 7 heteroatoms. The van der Waals surface area contributed by atoms with E-state index in [0.29, 0.717) is 18.0 Å². The van der Waals surface area contributed by atoms with Crippen LogP contribution in [-0.2, 0) is 19.1 Å². The van der Waals surface area contributed by atoms with Crippen LogP contribution in [-0.4, -0.2) is 44.1 Å². The molecule has 0 atom stereocenters. The molecule has 1 aliphatic heterocycles. The highest BCUT2D eigenvalue weighted by molar-refractivity contribution is 5.98. The van der Waals surface area contributed by atoms with Crippen LogP contribution in [0.3, 0.4) is 0 Å². The van der Waals surface area contributed by atoms with Crippen LogP contribution >= 0.6 is 0 Å². The summed E-state index contributed by atoms with van der Waals surface area (Å²) in [7, 11) is 0. The van der Waals surface area contributed by atoms with Crippen LogP contribution in [0.15, 0.2) is 24.3 Å². The van der Waals surface area contributed by atoms with Gasteiger partial charge in [-0.1, -0.05) is 19.1 Å². The fraction of sp³-hybridized carbons (Fsp3) is 0.438. The highest BCUT2D eigenvalue weighted by atomic mass is 16.5. The second kappa shape index (κ2) is 8.17. The molecular weight excluding hydrogens is 300 g/mol. The minimum absolute atomic E-state index is 0.0150. The van der Waals surface area contributed by atoms with Gasteiger partial charge in [0.15, 0.2) is 13.2 Å². The molecule has 0 saturated carbocycles. The fourth-order valence-corrected chi connectivity index (χ4v) is 2.14. The van der Waals surface area contributed by atoms with E-state index in [0.717, 1.165) is 6.42 Å². The highest BCUT2D eigenvalue weighted by Gasteiger charge is 2.25. The summed E-state index contributed by atoms with van der Waals surface area (Å²) in [6.45, 7) is 2.32. The summed E-state index contributed by atoms with van der Waals surface area (Å²) in [5.41, 5.74) is 0.636. The van der Waals surface area contributed by atoms with E-state index < -0.39 is 5.97 Å². The number of hydrogen-bond donors (Lipinski definition) is 1. The minimum atomic E-state index is -0.520. The maximum atomic E-state index is 11.9. The van der Waals surface area contributed by atoms with Gasteiger partial charge in [-0.2, -0.15) is 0 Å². The molecule has 1 N–H and O–H groups in total. The number of nitrogens with zero attached hydrogens (tertiary/aromatic N) is 1. The molecular formula is C16H20N2O5. The topological polar surface area (TPSA) is 84.9 Å². The zero-order valence-corrected chi connectivity index (χ0v) is 13.0. The molecule has 0 unspecified atom stereocenters. The van der Waals surface area contributed by atoms with Crippen LogP contribution in [0.4, 0.5) is 5.69 Å². The van der Waals surface area contributed by atoms with E-state index in [2.05, 4.69) is 5.32 Å². The second-order valence-corrected chi connectivity index (χ2v) is 5.06. The van der Waals surface area contributed by atoms with Crippen molar-refractivity contribution >= 4 is 23.5 Å². The molecule has 0 fully saturated rings. The SMILES string of the molecule is CCCNC(=O)COC(=O)CCN1C(=O)COc2ccccc21. The molecule has 0 aliphatic carbocycles. The molecule has 1 heterocycles. The predicted molar refractivity (Wildman–Crippen MR) is 83.2 cm³/mol. The number of benzene rings is 1. The average Bonchev–Trinajstić information content (AvgIpc) is 2.57. The van der Waals surface area contributed by atoms with Crippen molar-refractivity contribution in [2.45, 2.75) is 19.8 Å². The monoisotopic (exact) mass is 320 g/mol. The normalized spacial score (nSPS) is 13.1. The number of nitrogens with one attached hydrogen (secondary N) is 1. The van der Waals surface area contributed by atoms with Crippen molar-refractivity contribution in [2.24, 2.45) is 0 Å². The van der Waals surface area contributed by atoms with Crippen molar-refractivity contribution in [3.63, 3.8) is 0 Å². The largest absolute Gasteiger partial charge is 0.482 e. The smallest absolute Gasteiger partial charge is 0.308 e. The Labute approximate surface area is 134 Å². The Morgan fingerprint density at radius 3 is 2.91 bits per heavy atom. The number of carbonyl (C=O) groups excluding carboxylic acids is 3. The molecule has 1 aromatic carbocycles. The first kappa shape index (κ1) is 16.8. The van der Waals surface area contributed by atoms with Gasteiger partial charge >= 0.3 is 5.97 Å². The molecule has 0 spiro atoms. The third kappa shape index (κ3) is 4.70. The van der Waals surface area contributed by atoms with E-state index in [1.807, 2.05) is 13.0 Å². The molecule has 0 saturated heterocycles. The molecule has 0 bridgehead atoms. The molecule has 23 heavy (non-hydrogen) atoms. The first-order valence-electron chi connectivity index (χ1n) is 7.56. The molecule has 2 amide bonds. The lowest BCUT2D eigenvalue weighted by Gasteiger charge is -2.28. The average molecular weight is 320 g/mol. The summed E-state index contributed by atoms with van der Waals surface area (Å²) in [5.74, 6) is -0.446. The Morgan fingerprint density at radius 2 is 2.13 bits per heavy atom. The van der Waals surface area contributed by atoms with Gasteiger partial charge in [-0.15, -0.1) is 0 Å². The number of hydrogen-bond acceptors (Lipinski definition) is 5. The van der Waals surface area contributed by atoms with Crippen LogP contribution in [0.1, 0.15) is 19.8 Å². The number of para-hydroxylation sites is 2. The van der Waals surface area contributed by atoms with Gasteiger partial charge in [-0.3, -0.25) is 14.4 Å². The summed E-state index contributed by atoms with van der Waals surface area (Å²) in [6.07, 6.45) is 0.833. The number of esters is 1. The van der Waals surface area contributed by atoms with Crippen molar-refractivity contribution in [3.8, 4) is 5.75 Å². The molecule has 1 aliphatic rings. The zero-order valence-electron chi connectivity index (χ0n) is 13.0. The Hall–Kier alpha value is -2.57. The number of ether oxygens (including phenoxy) is 2. The first-order valence-corrected chi connectivity index (χ1v) is 7.56. The van der Waals surface area contributed by atoms with Gasteiger partial charge in [0.25, 0.3) is 11.8 Å². The number of fused-ring (bicyclic) bond motifs is 1. The highest BCUT2D eigenvalue weighted by Crippen LogP contribution is 2.31. The third-order valence-electron chi connectivity index (χ3n) is 3.28. The summed E-state index contributed by atoms with van der Waals surface area (Å²) in [4.78, 5) is 36.5. The Bertz CT molecular complexity index is 588. The Morgan fingerprint density at radius 1 is 1.35 bits per heavy atom. The van der Waals surface area contributed by atoms with Crippen molar-refractivity contribution < 1.29 is 23.9 Å². The van der Waals surface area contributed by atoms with Gasteiger partial charge in [-0.25, -0.2) is 0 Å². The van der Waals surface area contributed by atoms with Gasteiger partial charge in [0.05, 0.1) is 12.1 Å². The van der Waals surface area contributed by atoms with Crippen molar-refractivity contribution in [2.75, 3.05) is 31.2 Å². The number of carbonyl (C=O) groups is 3. The lowest BCUT2D eigenvalue weighted by atomic mass is 10.2. The van der Waals surface area contributed by atoms with Crippen LogP contribution in [0, 0.1) is 0 Å². The van der Waals surface area contributed by atoms with Crippen LogP contribution in [0.2, 0.25) is 0 Å². The summed E-state index contributed by atoms with van der Waals surface area (Å²) >= 11 is 0. The zero-order chi connectivity index (χ0) is 16.7. The molecule has 0 aromatic heterocycles. The summed E-state index contributed by atoms with van der Waals surface area (Å²) < 4.78 is 10.2. The number of anilines is 1. The standard InChI is InChI=1S/C16H20N2O5/c1-2-8-17-14(19)10-23-16(21)7-9-18-12-5-3-4-6-13(12)22-11-15(18)20/h3-6H,2,7-11H2,1H3,(H,17,19). The number of amides is 2. The van der Waals surface area contributed by atoms with E-state index >= 15 is 0 Å². The molecule has 2 rings (SSSR count). The maximum absolute atomic E-state index is 11.9. The van der Waals surface area contributed by atoms with E-state index in [1.165, 1.54) is 4.90 Å². The quantitative estimate of drug-likeness (QED) is 0.754. The van der Waals surface area contributed by atoms with Gasteiger partial charge < -0.3 is 19.7 Å². The second-order valence-electron chi connectivity index (χ2n) is 5.06. The van der Waals surface area contributed by atoms with Crippen molar-refractivity contribution in [1.82, 2.24) is 5.32 Å². The Balaban J connectivity index is 1.82. The van der Waals surface area contributed by atoms with E-state index in [4.69, 9.17) is 9.47 Å². The van der Waals surface area contributed by atoms with Crippen LogP contribution in [0.5, 0.6) is 5.75 Å². The maximum Gasteiger partial charge on any atom is 0.308 e. The predicted octanol–water partition coefficient (Wildman–Crippen LogP) is 0.872. The van der Waals surface area contributed by atoms with Crippen molar-refractivity contribution in [3.05, 3.63) is 24.3 Å². The lowest BCUT2D eigenvalue weighted by molar-refractivity contribution is -0.148. The first-order chi connectivity index (χ1) is 11.1. The molecule has 7 nitrogen and oxygen atoms in total. The fourth-order valence-electron chi connectivity index (χ4n) is 2.14. The third-order valence-corrected chi connectivity index (χ3v) is 3.28. The number of rotatable bonds is 7. The van der Waals surface area contributed by atoms with Crippen LogP contribution < -0.4 is 15.0 Å². The molecule has 0 radical (unpaired) electrons. The minimum Gasteiger partial charge on any atom is -0.482 e. The Kier molecular flexibility index (Phi) is 5.96. The molecule has 124 valence electrons. The summed E-state index contributed by atoms with van der Waals surface area (Å²) in [6, 6.07) is 7.14. The summed E-state index contributed by atoms with van der Waals surface area (Å²) in [5, 5.41) is 2.62. The van der Waals surface area contributed by atoms with Gasteiger partial charge in [0, 0.05) is 13.1 Å². The van der Waals surface area contributed by atoms with Crippen LogP contribution in [0.25, 0.3) is 0 Å². The van der Waals surface area contributed by atoms with Gasteiger partial charge in [0.1, 0.15) is 5.75 Å². The van der Waals surface area contributed by atoms with Crippen molar-refractivity contribution in [1.29, 1.82) is 0 Å². The van der Waals surface area contributed by atoms with E-state index in [9.17, 15) is 14.4 Å². The van der Waals surface area contributed by atoms with Gasteiger partial charge in [0.2, 0.25) is 0 Å². The molecule has 1 aromatic rings. The lowest BCUT2D eigenvalue weighted by Crippen LogP contribution is -2.40.